The second kappa shape index (κ2) is 7.81. The van der Waals surface area contributed by atoms with Crippen LogP contribution in [0, 0.1) is 11.3 Å². The molecule has 0 amide bonds. The van der Waals surface area contributed by atoms with E-state index in [0.717, 1.165) is 12.6 Å². The molecule has 21 heavy (non-hydrogen) atoms. The van der Waals surface area contributed by atoms with E-state index < -0.39 is 0 Å². The molecule has 2 nitrogen and oxygen atoms in total. The lowest BCUT2D eigenvalue weighted by Crippen LogP contribution is -2.13. The summed E-state index contributed by atoms with van der Waals surface area (Å²) in [6.45, 7) is 8.82. The molecule has 0 aliphatic carbocycles. The van der Waals surface area contributed by atoms with Crippen LogP contribution in [0.4, 0.5) is 0 Å². The second-order valence-electron chi connectivity index (χ2n) is 6.52. The molecule has 0 fully saturated rings. The third kappa shape index (κ3) is 5.77. The molecule has 0 bridgehead atoms. The number of hydrogen-bond donors (Lipinski definition) is 0. The summed E-state index contributed by atoms with van der Waals surface area (Å²) in [5, 5.41) is 0.815. The van der Waals surface area contributed by atoms with Gasteiger partial charge in [0.05, 0.1) is 22.7 Å². The van der Waals surface area contributed by atoms with E-state index in [9.17, 15) is 4.79 Å². The average Bonchev–Trinajstić information content (AvgIpc) is 2.36. The first kappa shape index (κ1) is 18.7. The molecule has 0 aliphatic heterocycles. The molecule has 118 valence electrons. The molecule has 2 atom stereocenters. The lowest BCUT2D eigenvalue weighted by molar-refractivity contribution is 0.108. The van der Waals surface area contributed by atoms with E-state index in [1.165, 1.54) is 7.11 Å². The Bertz CT molecular complexity index is 510. The van der Waals surface area contributed by atoms with Crippen LogP contribution in [0.25, 0.3) is 0 Å². The first-order valence-corrected chi connectivity index (χ1v) is 8.92. The molecule has 0 heterocycles. The van der Waals surface area contributed by atoms with Crippen molar-refractivity contribution in [2.75, 3.05) is 13.3 Å². The maximum atomic E-state index is 12.5. The van der Waals surface area contributed by atoms with Gasteiger partial charge in [0.25, 0.3) is 0 Å². The molecule has 0 saturated carbocycles. The molecule has 1 aromatic rings. The van der Waals surface area contributed by atoms with Gasteiger partial charge >= 0.3 is 0 Å². The number of methoxy groups -OCH3 is 1. The Hall–Kier alpha value is -0.300. The van der Waals surface area contributed by atoms with E-state index in [2.05, 4.69) is 27.7 Å². The van der Waals surface area contributed by atoms with Crippen molar-refractivity contribution in [3.63, 3.8) is 0 Å². The number of benzene rings is 1. The summed E-state index contributed by atoms with van der Waals surface area (Å²) in [5.41, 5.74) is 0.700. The Morgan fingerprint density at radius 3 is 2.38 bits per heavy atom. The Morgan fingerprint density at radius 2 is 1.86 bits per heavy atom. The fourth-order valence-electron chi connectivity index (χ4n) is 2.42. The molecule has 2 unspecified atom stereocenters. The van der Waals surface area contributed by atoms with Crippen molar-refractivity contribution in [2.45, 2.75) is 34.1 Å². The van der Waals surface area contributed by atoms with Crippen LogP contribution in [0.5, 0.6) is 5.75 Å². The van der Waals surface area contributed by atoms with E-state index in [-0.39, 0.29) is 19.5 Å². The van der Waals surface area contributed by atoms with Gasteiger partial charge in [0.2, 0.25) is 0 Å². The minimum Gasteiger partial charge on any atom is -0.494 e. The van der Waals surface area contributed by atoms with Crippen molar-refractivity contribution in [3.05, 3.63) is 27.7 Å². The maximum absolute atomic E-state index is 12.5. The highest BCUT2D eigenvalue weighted by Gasteiger charge is 2.21. The molecule has 0 aromatic heterocycles. The second-order valence-corrected chi connectivity index (χ2v) is 8.55. The standard InChI is InChI=1S/C16H23Cl2O2P/c1-10(8-16(2,3)4)9-21-15(19)13-11(17)6-7-12(18)14(13)20-5/h6-7,10,21H,8-9H2,1-5H3. The van der Waals surface area contributed by atoms with Crippen LogP contribution >= 0.6 is 31.8 Å². The van der Waals surface area contributed by atoms with Crippen LogP contribution in [-0.4, -0.2) is 18.8 Å². The van der Waals surface area contributed by atoms with Gasteiger partial charge in [-0.1, -0.05) is 50.9 Å². The monoisotopic (exact) mass is 348 g/mol. The van der Waals surface area contributed by atoms with E-state index >= 15 is 0 Å². The van der Waals surface area contributed by atoms with E-state index in [1.54, 1.807) is 12.1 Å². The smallest absolute Gasteiger partial charge is 0.186 e. The van der Waals surface area contributed by atoms with Crippen molar-refractivity contribution in [1.29, 1.82) is 0 Å². The van der Waals surface area contributed by atoms with Gasteiger partial charge in [-0.05, 0) is 44.6 Å². The van der Waals surface area contributed by atoms with Gasteiger partial charge in [-0.25, -0.2) is 0 Å². The third-order valence-corrected chi connectivity index (χ3v) is 5.15. The van der Waals surface area contributed by atoms with Gasteiger partial charge in [-0.15, -0.1) is 0 Å². The summed E-state index contributed by atoms with van der Waals surface area (Å²) < 4.78 is 5.23. The van der Waals surface area contributed by atoms with Crippen molar-refractivity contribution in [1.82, 2.24) is 0 Å². The lowest BCUT2D eigenvalue weighted by atomic mass is 9.86. The third-order valence-electron chi connectivity index (χ3n) is 3.06. The van der Waals surface area contributed by atoms with Gasteiger partial charge in [-0.2, -0.15) is 0 Å². The zero-order valence-electron chi connectivity index (χ0n) is 13.2. The van der Waals surface area contributed by atoms with E-state index in [1.807, 2.05) is 0 Å². The predicted molar refractivity (Wildman–Crippen MR) is 93.8 cm³/mol. The Balaban J connectivity index is 2.79. The molecule has 0 radical (unpaired) electrons. The van der Waals surface area contributed by atoms with E-state index in [0.29, 0.717) is 27.3 Å². The topological polar surface area (TPSA) is 26.3 Å². The fraction of sp³-hybridized carbons (Fsp3) is 0.562. The summed E-state index contributed by atoms with van der Waals surface area (Å²) in [7, 11) is 1.68. The molecule has 0 saturated heterocycles. The van der Waals surface area contributed by atoms with Crippen LogP contribution in [-0.2, 0) is 0 Å². The highest BCUT2D eigenvalue weighted by molar-refractivity contribution is 7.58. The number of carbonyl (C=O) groups is 1. The number of hydrogen-bond acceptors (Lipinski definition) is 2. The quantitative estimate of drug-likeness (QED) is 0.598. The fourth-order valence-corrected chi connectivity index (χ4v) is 4.07. The highest BCUT2D eigenvalue weighted by Crippen LogP contribution is 2.38. The molecule has 0 aliphatic rings. The number of ether oxygens (including phenoxy) is 1. The van der Waals surface area contributed by atoms with Crippen LogP contribution < -0.4 is 4.74 Å². The van der Waals surface area contributed by atoms with E-state index in [4.69, 9.17) is 27.9 Å². The van der Waals surface area contributed by atoms with Gasteiger partial charge in [-0.3, -0.25) is 4.79 Å². The highest BCUT2D eigenvalue weighted by atomic mass is 35.5. The Kier molecular flexibility index (Phi) is 6.97. The van der Waals surface area contributed by atoms with Crippen molar-refractivity contribution in [2.24, 2.45) is 11.3 Å². The molecular formula is C16H23Cl2O2P. The lowest BCUT2D eigenvalue weighted by Gasteiger charge is -2.23. The largest absolute Gasteiger partial charge is 0.494 e. The SMILES string of the molecule is COc1c(Cl)ccc(Cl)c1C(=O)PCC(C)CC(C)(C)C. The summed E-state index contributed by atoms with van der Waals surface area (Å²) in [4.78, 5) is 12.5. The minimum absolute atomic E-state index is 0.0140. The minimum atomic E-state index is 0.0140. The van der Waals surface area contributed by atoms with Gasteiger partial charge in [0.1, 0.15) is 5.75 Å². The van der Waals surface area contributed by atoms with Crippen molar-refractivity contribution >= 4 is 37.3 Å². The molecule has 5 heteroatoms. The Labute approximate surface area is 139 Å². The zero-order chi connectivity index (χ0) is 16.2. The molecule has 1 aromatic carbocycles. The summed E-state index contributed by atoms with van der Waals surface area (Å²) >= 11 is 12.2. The van der Waals surface area contributed by atoms with Crippen LogP contribution in [0.2, 0.25) is 10.0 Å². The number of halogens is 2. The predicted octanol–water partition coefficient (Wildman–Crippen LogP) is 5.89. The summed E-state index contributed by atoms with van der Waals surface area (Å²) in [5.74, 6) is 0.876. The van der Waals surface area contributed by atoms with Crippen LogP contribution in [0.3, 0.4) is 0 Å². The van der Waals surface area contributed by atoms with Crippen LogP contribution in [0.15, 0.2) is 12.1 Å². The van der Waals surface area contributed by atoms with Crippen molar-refractivity contribution in [3.8, 4) is 5.75 Å². The molecule has 1 rings (SSSR count). The maximum Gasteiger partial charge on any atom is 0.186 e. The first-order chi connectivity index (χ1) is 9.65. The van der Waals surface area contributed by atoms with Crippen LogP contribution in [0.1, 0.15) is 44.5 Å². The summed E-state index contributed by atoms with van der Waals surface area (Å²) in [6, 6.07) is 3.29. The molecule has 0 N–H and O–H groups in total. The molecular weight excluding hydrogens is 326 g/mol. The zero-order valence-corrected chi connectivity index (χ0v) is 15.7. The van der Waals surface area contributed by atoms with Gasteiger partial charge < -0.3 is 4.74 Å². The molecule has 0 spiro atoms. The van der Waals surface area contributed by atoms with Gasteiger partial charge in [0.15, 0.2) is 5.52 Å². The van der Waals surface area contributed by atoms with Crippen molar-refractivity contribution < 1.29 is 9.53 Å². The summed E-state index contributed by atoms with van der Waals surface area (Å²) in [6.07, 6.45) is 1.95. The number of carbonyl (C=O) groups excluding carboxylic acids is 1. The normalized spacial score (nSPS) is 13.7. The Morgan fingerprint density at radius 1 is 1.29 bits per heavy atom. The first-order valence-electron chi connectivity index (χ1n) is 6.96. The van der Waals surface area contributed by atoms with Gasteiger partial charge in [0, 0.05) is 0 Å². The number of rotatable bonds is 6. The average molecular weight is 349 g/mol.